The van der Waals surface area contributed by atoms with E-state index in [1.165, 1.54) is 0 Å². The molecule has 0 saturated carbocycles. The number of nitrogens with zero attached hydrogens (tertiary/aromatic N) is 2. The number of rotatable bonds is 4. The molecule has 4 heteroatoms. The van der Waals surface area contributed by atoms with E-state index in [-0.39, 0.29) is 5.97 Å². The molecule has 14 heavy (non-hydrogen) atoms. The average molecular weight is 194 g/mol. The van der Waals surface area contributed by atoms with Gasteiger partial charge in [0.15, 0.2) is 0 Å². The molecule has 76 valence electrons. The van der Waals surface area contributed by atoms with Crippen LogP contribution < -0.4 is 0 Å². The van der Waals surface area contributed by atoms with Crippen molar-refractivity contribution in [3.63, 3.8) is 0 Å². The van der Waals surface area contributed by atoms with Gasteiger partial charge in [0.25, 0.3) is 0 Å². The number of carbonyl (C=O) groups is 1. The topological polar surface area (TPSA) is 44.1 Å². The van der Waals surface area contributed by atoms with E-state index in [2.05, 4.69) is 11.7 Å². The monoisotopic (exact) mass is 194 g/mol. The van der Waals surface area contributed by atoms with E-state index in [0.29, 0.717) is 18.7 Å². The summed E-state index contributed by atoms with van der Waals surface area (Å²) in [6.45, 7) is 8.10. The highest BCUT2D eigenvalue weighted by Gasteiger charge is 2.08. The van der Waals surface area contributed by atoms with Crippen molar-refractivity contribution in [2.75, 3.05) is 6.61 Å². The molecule has 0 aliphatic heterocycles. The van der Waals surface area contributed by atoms with E-state index in [1.807, 2.05) is 13.1 Å². The van der Waals surface area contributed by atoms with E-state index in [9.17, 15) is 4.79 Å². The van der Waals surface area contributed by atoms with E-state index < -0.39 is 0 Å². The fourth-order valence-corrected chi connectivity index (χ4v) is 1.05. The molecule has 0 aliphatic carbocycles. The first kappa shape index (κ1) is 10.5. The molecule has 1 aromatic heterocycles. The van der Waals surface area contributed by atoms with Gasteiger partial charge in [-0.3, -0.25) is 4.68 Å². The Morgan fingerprint density at radius 1 is 1.71 bits per heavy atom. The molecule has 0 fully saturated rings. The molecule has 1 heterocycles. The third kappa shape index (κ3) is 2.73. The van der Waals surface area contributed by atoms with E-state index >= 15 is 0 Å². The Kier molecular flexibility index (Phi) is 3.45. The summed E-state index contributed by atoms with van der Waals surface area (Å²) < 4.78 is 6.46. The lowest BCUT2D eigenvalue weighted by atomic mass is 10.3. The van der Waals surface area contributed by atoms with E-state index in [1.54, 1.807) is 17.8 Å². The number of hydrogen-bond donors (Lipinski definition) is 0. The summed E-state index contributed by atoms with van der Waals surface area (Å²) in [6.07, 6.45) is 3.59. The highest BCUT2D eigenvalue weighted by atomic mass is 16.5. The Balaban J connectivity index is 2.53. The molecule has 0 unspecified atom stereocenters. The van der Waals surface area contributed by atoms with Crippen LogP contribution in [0, 0.1) is 6.92 Å². The summed E-state index contributed by atoms with van der Waals surface area (Å²) in [5, 5.41) is 4.05. The molecule has 0 radical (unpaired) electrons. The van der Waals surface area contributed by atoms with Crippen LogP contribution in [-0.2, 0) is 16.1 Å². The summed E-state index contributed by atoms with van der Waals surface area (Å²) in [5.41, 5.74) is 1.47. The van der Waals surface area contributed by atoms with Crippen molar-refractivity contribution in [1.82, 2.24) is 9.78 Å². The van der Waals surface area contributed by atoms with Crippen LogP contribution in [0.3, 0.4) is 0 Å². The molecule has 0 atom stereocenters. The van der Waals surface area contributed by atoms with Crippen molar-refractivity contribution in [1.29, 1.82) is 0 Å². The number of carbonyl (C=O) groups excluding carboxylic acids is 1. The maximum absolute atomic E-state index is 11.2. The predicted molar refractivity (Wildman–Crippen MR) is 52.7 cm³/mol. The molecule has 0 aromatic carbocycles. The van der Waals surface area contributed by atoms with Crippen molar-refractivity contribution in [3.8, 4) is 0 Å². The van der Waals surface area contributed by atoms with Crippen LogP contribution in [-0.4, -0.2) is 22.4 Å². The van der Waals surface area contributed by atoms with Crippen molar-refractivity contribution in [3.05, 3.63) is 30.1 Å². The summed E-state index contributed by atoms with van der Waals surface area (Å²) in [4.78, 5) is 11.2. The second kappa shape index (κ2) is 4.60. The molecule has 4 nitrogen and oxygen atoms in total. The lowest BCUT2D eigenvalue weighted by Gasteiger charge is -2.04. The van der Waals surface area contributed by atoms with Gasteiger partial charge in [0.1, 0.15) is 0 Å². The molecule has 1 rings (SSSR count). The van der Waals surface area contributed by atoms with Crippen LogP contribution in [0.25, 0.3) is 0 Å². The Hall–Kier alpha value is -1.58. The SMILES string of the molecule is C=C(Cn1cc(C)cn1)C(=O)OCC. The maximum atomic E-state index is 11.2. The van der Waals surface area contributed by atoms with Crippen LogP contribution in [0.1, 0.15) is 12.5 Å². The highest BCUT2D eigenvalue weighted by Crippen LogP contribution is 2.01. The minimum atomic E-state index is -0.361. The fraction of sp³-hybridized carbons (Fsp3) is 0.400. The molecule has 0 aliphatic rings. The van der Waals surface area contributed by atoms with Crippen LogP contribution in [0.4, 0.5) is 0 Å². The molecular formula is C10H14N2O2. The maximum Gasteiger partial charge on any atom is 0.335 e. The molecule has 0 saturated heterocycles. The Morgan fingerprint density at radius 3 is 2.93 bits per heavy atom. The second-order valence-corrected chi connectivity index (χ2v) is 3.04. The summed E-state index contributed by atoms with van der Waals surface area (Å²) in [6, 6.07) is 0. The number of aromatic nitrogens is 2. The Bertz CT molecular complexity index is 342. The van der Waals surface area contributed by atoms with Crippen LogP contribution >= 0.6 is 0 Å². The molecular weight excluding hydrogens is 180 g/mol. The van der Waals surface area contributed by atoms with Crippen molar-refractivity contribution >= 4 is 5.97 Å². The minimum absolute atomic E-state index is 0.361. The van der Waals surface area contributed by atoms with Crippen molar-refractivity contribution in [2.45, 2.75) is 20.4 Å². The average Bonchev–Trinajstić information content (AvgIpc) is 2.51. The first-order valence-corrected chi connectivity index (χ1v) is 4.47. The summed E-state index contributed by atoms with van der Waals surface area (Å²) in [5.74, 6) is -0.361. The van der Waals surface area contributed by atoms with E-state index in [0.717, 1.165) is 5.56 Å². The predicted octanol–water partition coefficient (Wildman–Crippen LogP) is 1.31. The lowest BCUT2D eigenvalue weighted by Crippen LogP contribution is -2.12. The first-order valence-electron chi connectivity index (χ1n) is 4.47. The smallest absolute Gasteiger partial charge is 0.335 e. The van der Waals surface area contributed by atoms with Gasteiger partial charge in [-0.05, 0) is 19.4 Å². The number of ether oxygens (including phenoxy) is 1. The first-order chi connectivity index (χ1) is 6.63. The standard InChI is InChI=1S/C10H14N2O2/c1-4-14-10(13)9(3)7-12-6-8(2)5-11-12/h5-6H,3-4,7H2,1-2H3. The third-order valence-corrected chi connectivity index (χ3v) is 1.68. The van der Waals surface area contributed by atoms with Gasteiger partial charge in [-0.25, -0.2) is 4.79 Å². The fourth-order valence-electron chi connectivity index (χ4n) is 1.05. The molecule has 0 spiro atoms. The minimum Gasteiger partial charge on any atom is -0.463 e. The Morgan fingerprint density at radius 2 is 2.43 bits per heavy atom. The van der Waals surface area contributed by atoms with Crippen LogP contribution in [0.5, 0.6) is 0 Å². The molecule has 1 aromatic rings. The lowest BCUT2D eigenvalue weighted by molar-refractivity contribution is -0.138. The van der Waals surface area contributed by atoms with Gasteiger partial charge in [-0.2, -0.15) is 5.10 Å². The number of aryl methyl sites for hydroxylation is 1. The largest absolute Gasteiger partial charge is 0.463 e. The van der Waals surface area contributed by atoms with Gasteiger partial charge in [0.2, 0.25) is 0 Å². The number of hydrogen-bond acceptors (Lipinski definition) is 3. The Labute approximate surface area is 83.2 Å². The zero-order valence-electron chi connectivity index (χ0n) is 8.49. The molecule has 0 bridgehead atoms. The van der Waals surface area contributed by atoms with Gasteiger partial charge in [-0.1, -0.05) is 6.58 Å². The van der Waals surface area contributed by atoms with Gasteiger partial charge < -0.3 is 4.74 Å². The van der Waals surface area contributed by atoms with Gasteiger partial charge in [-0.15, -0.1) is 0 Å². The van der Waals surface area contributed by atoms with Crippen LogP contribution in [0.15, 0.2) is 24.5 Å². The van der Waals surface area contributed by atoms with Gasteiger partial charge in [0, 0.05) is 6.20 Å². The summed E-state index contributed by atoms with van der Waals surface area (Å²) >= 11 is 0. The second-order valence-electron chi connectivity index (χ2n) is 3.04. The molecule has 0 N–H and O–H groups in total. The van der Waals surface area contributed by atoms with Gasteiger partial charge in [0.05, 0.1) is 24.9 Å². The van der Waals surface area contributed by atoms with Crippen LogP contribution in [0.2, 0.25) is 0 Å². The van der Waals surface area contributed by atoms with E-state index in [4.69, 9.17) is 4.74 Å². The molecule has 0 amide bonds. The van der Waals surface area contributed by atoms with Crippen molar-refractivity contribution < 1.29 is 9.53 Å². The third-order valence-electron chi connectivity index (χ3n) is 1.68. The van der Waals surface area contributed by atoms with Gasteiger partial charge >= 0.3 is 5.97 Å². The normalized spacial score (nSPS) is 9.86. The number of esters is 1. The summed E-state index contributed by atoms with van der Waals surface area (Å²) in [7, 11) is 0. The quantitative estimate of drug-likeness (QED) is 0.536. The zero-order chi connectivity index (χ0) is 10.6. The zero-order valence-corrected chi connectivity index (χ0v) is 8.49. The van der Waals surface area contributed by atoms with Crippen molar-refractivity contribution in [2.24, 2.45) is 0 Å². The highest BCUT2D eigenvalue weighted by molar-refractivity contribution is 5.87.